The van der Waals surface area contributed by atoms with Gasteiger partial charge in [-0.1, -0.05) is 23.7 Å². The Morgan fingerprint density at radius 2 is 2.17 bits per heavy atom. The molecule has 1 aromatic carbocycles. The number of fused-ring (bicyclic) bond motifs is 1. The van der Waals surface area contributed by atoms with Crippen LogP contribution in [0.5, 0.6) is 17.6 Å². The smallest absolute Gasteiger partial charge is 0.322 e. The van der Waals surface area contributed by atoms with Crippen molar-refractivity contribution < 1.29 is 9.47 Å². The lowest BCUT2D eigenvalue weighted by molar-refractivity contribution is 0.398. The lowest BCUT2D eigenvalue weighted by Crippen LogP contribution is -2.34. The molecule has 4 heterocycles. The Morgan fingerprint density at radius 3 is 2.97 bits per heavy atom. The third-order valence-corrected chi connectivity index (χ3v) is 5.54. The van der Waals surface area contributed by atoms with Gasteiger partial charge in [-0.25, -0.2) is 9.67 Å². The van der Waals surface area contributed by atoms with Gasteiger partial charge >= 0.3 is 6.01 Å². The van der Waals surface area contributed by atoms with Crippen LogP contribution in [0.2, 0.25) is 5.02 Å². The molecule has 0 radical (unpaired) electrons. The zero-order chi connectivity index (χ0) is 20.7. The molecule has 6 rings (SSSR count). The van der Waals surface area contributed by atoms with Crippen LogP contribution in [-0.4, -0.2) is 39.4 Å². The summed E-state index contributed by atoms with van der Waals surface area (Å²) in [6.45, 7) is 3.54. The summed E-state index contributed by atoms with van der Waals surface area (Å²) >= 11 is 6.05. The maximum absolute atomic E-state index is 6.05. The van der Waals surface area contributed by atoms with E-state index < -0.39 is 0 Å². The Morgan fingerprint density at radius 1 is 1.27 bits per heavy atom. The molecule has 8 nitrogen and oxygen atoms in total. The van der Waals surface area contributed by atoms with Crippen molar-refractivity contribution in [2.75, 3.05) is 23.9 Å². The number of anilines is 2. The van der Waals surface area contributed by atoms with E-state index >= 15 is 0 Å². The average Bonchev–Trinajstić information content (AvgIpc) is 3.45. The van der Waals surface area contributed by atoms with E-state index in [0.717, 1.165) is 12.2 Å². The van der Waals surface area contributed by atoms with Gasteiger partial charge in [-0.05, 0) is 31.2 Å². The molecule has 0 saturated carbocycles. The van der Waals surface area contributed by atoms with Gasteiger partial charge in [0.2, 0.25) is 11.8 Å². The monoisotopic (exact) mass is 424 g/mol. The van der Waals surface area contributed by atoms with Crippen LogP contribution in [0.4, 0.5) is 11.6 Å². The fourth-order valence-corrected chi connectivity index (χ4v) is 3.99. The molecule has 1 aliphatic carbocycles. The SMILES string of the molecule is CCn1nc(NC2C3=CC2CN3c2ccnc(OC)c2)nc1Oc1cccc(Cl)c1. The second kappa shape index (κ2) is 7.53. The van der Waals surface area contributed by atoms with Gasteiger partial charge < -0.3 is 19.7 Å². The highest BCUT2D eigenvalue weighted by Crippen LogP contribution is 2.43. The van der Waals surface area contributed by atoms with Crippen molar-refractivity contribution in [1.82, 2.24) is 19.7 Å². The molecule has 2 atom stereocenters. The molecular formula is C21H21ClN6O2. The third-order valence-electron chi connectivity index (χ3n) is 5.30. The molecule has 3 aromatic rings. The second-order valence-electron chi connectivity index (χ2n) is 7.14. The summed E-state index contributed by atoms with van der Waals surface area (Å²) in [4.78, 5) is 11.0. The van der Waals surface area contributed by atoms with Gasteiger partial charge in [-0.2, -0.15) is 4.98 Å². The van der Waals surface area contributed by atoms with Crippen LogP contribution in [0.15, 0.2) is 54.4 Å². The number of benzene rings is 1. The van der Waals surface area contributed by atoms with Crippen LogP contribution in [0, 0.1) is 5.92 Å². The first-order valence-electron chi connectivity index (χ1n) is 9.78. The summed E-state index contributed by atoms with van der Waals surface area (Å²) in [6, 6.07) is 11.8. The van der Waals surface area contributed by atoms with E-state index in [1.165, 1.54) is 5.70 Å². The van der Waals surface area contributed by atoms with Crippen molar-refractivity contribution in [3.63, 3.8) is 0 Å². The lowest BCUT2D eigenvalue weighted by Gasteiger charge is -2.27. The van der Waals surface area contributed by atoms with Crippen molar-refractivity contribution in [3.05, 3.63) is 59.4 Å². The lowest BCUT2D eigenvalue weighted by atomic mass is 9.91. The number of halogens is 1. The number of ether oxygens (including phenoxy) is 2. The Hall–Kier alpha value is -3.26. The van der Waals surface area contributed by atoms with Gasteiger partial charge in [-0.3, -0.25) is 0 Å². The van der Waals surface area contributed by atoms with Crippen LogP contribution in [0.25, 0.3) is 0 Å². The van der Waals surface area contributed by atoms with Crippen LogP contribution < -0.4 is 19.7 Å². The minimum absolute atomic E-state index is 0.163. The molecule has 2 aromatic heterocycles. The Labute approximate surface area is 179 Å². The molecule has 1 saturated heterocycles. The van der Waals surface area contributed by atoms with Gasteiger partial charge in [0.15, 0.2) is 0 Å². The van der Waals surface area contributed by atoms with E-state index in [1.54, 1.807) is 30.1 Å². The van der Waals surface area contributed by atoms with Crippen molar-refractivity contribution >= 4 is 23.2 Å². The topological polar surface area (TPSA) is 77.3 Å². The highest BCUT2D eigenvalue weighted by Gasteiger charge is 2.45. The zero-order valence-corrected chi connectivity index (χ0v) is 17.4. The Bertz CT molecular complexity index is 1110. The van der Waals surface area contributed by atoms with E-state index in [-0.39, 0.29) is 6.04 Å². The van der Waals surface area contributed by atoms with E-state index in [1.807, 2.05) is 31.2 Å². The molecule has 2 aliphatic heterocycles. The van der Waals surface area contributed by atoms with Gasteiger partial charge in [0.25, 0.3) is 0 Å². The number of hydrogen-bond donors (Lipinski definition) is 1. The van der Waals surface area contributed by atoms with Gasteiger partial charge in [0.05, 0.1) is 13.2 Å². The number of rotatable bonds is 7. The fourth-order valence-electron chi connectivity index (χ4n) is 3.81. The van der Waals surface area contributed by atoms with E-state index in [4.69, 9.17) is 21.1 Å². The zero-order valence-electron chi connectivity index (χ0n) is 16.6. The van der Waals surface area contributed by atoms with Crippen molar-refractivity contribution in [2.24, 2.45) is 5.92 Å². The Balaban J connectivity index is 1.31. The minimum Gasteiger partial charge on any atom is -0.481 e. The van der Waals surface area contributed by atoms with E-state index in [9.17, 15) is 0 Å². The van der Waals surface area contributed by atoms with Crippen molar-refractivity contribution in [3.8, 4) is 17.6 Å². The summed E-state index contributed by atoms with van der Waals surface area (Å²) in [7, 11) is 1.62. The van der Waals surface area contributed by atoms with E-state index in [0.29, 0.717) is 41.1 Å². The highest BCUT2D eigenvalue weighted by molar-refractivity contribution is 6.30. The quantitative estimate of drug-likeness (QED) is 0.615. The first kappa shape index (κ1) is 18.7. The molecule has 0 amide bonds. The number of nitrogens with one attached hydrogen (secondary N) is 1. The van der Waals surface area contributed by atoms with Crippen LogP contribution in [0.3, 0.4) is 0 Å². The van der Waals surface area contributed by atoms with E-state index in [2.05, 4.69) is 31.4 Å². The molecule has 2 bridgehead atoms. The Kier molecular flexibility index (Phi) is 4.71. The number of aryl methyl sites for hydroxylation is 1. The van der Waals surface area contributed by atoms with Crippen LogP contribution >= 0.6 is 11.6 Å². The summed E-state index contributed by atoms with van der Waals surface area (Å²) < 4.78 is 12.9. The fraction of sp³-hybridized carbons (Fsp3) is 0.286. The maximum Gasteiger partial charge on any atom is 0.322 e. The molecule has 154 valence electrons. The predicted molar refractivity (Wildman–Crippen MR) is 114 cm³/mol. The number of methoxy groups -OCH3 is 1. The molecule has 30 heavy (non-hydrogen) atoms. The van der Waals surface area contributed by atoms with Gasteiger partial charge in [0.1, 0.15) is 5.75 Å². The molecule has 9 heteroatoms. The maximum atomic E-state index is 6.05. The highest BCUT2D eigenvalue weighted by atomic mass is 35.5. The molecular weight excluding hydrogens is 404 g/mol. The molecule has 1 N–H and O–H groups in total. The number of nitrogens with zero attached hydrogens (tertiary/aromatic N) is 5. The summed E-state index contributed by atoms with van der Waals surface area (Å²) in [5.41, 5.74) is 2.27. The van der Waals surface area contributed by atoms with Crippen LogP contribution in [-0.2, 0) is 6.54 Å². The summed E-state index contributed by atoms with van der Waals surface area (Å²) in [6.07, 6.45) is 4.03. The van der Waals surface area contributed by atoms with Gasteiger partial charge in [-0.15, -0.1) is 5.10 Å². The second-order valence-corrected chi connectivity index (χ2v) is 7.57. The standard InChI is InChI=1S/C21H21ClN6O2/c1-3-28-21(30-16-6-4-5-14(22)10-16)25-20(26-28)24-19-13-9-17(19)27(12-13)15-7-8-23-18(11-15)29-2/h4-11,13,19H,3,12H2,1-2H3,(H,24,26). The molecule has 0 spiro atoms. The third kappa shape index (κ3) is 3.33. The molecule has 1 fully saturated rings. The number of pyridine rings is 1. The predicted octanol–water partition coefficient (Wildman–Crippen LogP) is 3.96. The van der Waals surface area contributed by atoms with Crippen LogP contribution in [0.1, 0.15) is 6.92 Å². The number of aromatic nitrogens is 4. The first-order valence-corrected chi connectivity index (χ1v) is 10.2. The normalized spacial score (nSPS) is 19.3. The van der Waals surface area contributed by atoms with Crippen molar-refractivity contribution in [1.29, 1.82) is 0 Å². The largest absolute Gasteiger partial charge is 0.481 e. The summed E-state index contributed by atoms with van der Waals surface area (Å²) in [5, 5.41) is 8.62. The van der Waals surface area contributed by atoms with Gasteiger partial charge in [0, 0.05) is 47.7 Å². The summed E-state index contributed by atoms with van der Waals surface area (Å²) in [5.74, 6) is 2.17. The first-order chi connectivity index (χ1) is 14.6. The molecule has 3 aliphatic rings. The van der Waals surface area contributed by atoms with Crippen molar-refractivity contribution in [2.45, 2.75) is 19.5 Å². The molecule has 2 unspecified atom stereocenters. The number of hydrogen-bond acceptors (Lipinski definition) is 7. The minimum atomic E-state index is 0.163. The average molecular weight is 425 g/mol.